The molecule has 2 heterocycles. The van der Waals surface area contributed by atoms with Crippen molar-refractivity contribution in [2.75, 3.05) is 0 Å². The molecule has 1 N–H and O–H groups in total. The van der Waals surface area contributed by atoms with Gasteiger partial charge >= 0.3 is 0 Å². The molecule has 0 unspecified atom stereocenters. The lowest BCUT2D eigenvalue weighted by Crippen LogP contribution is -2.22. The summed E-state index contributed by atoms with van der Waals surface area (Å²) in [6.07, 6.45) is 0. The van der Waals surface area contributed by atoms with Crippen LogP contribution in [0.15, 0.2) is 29.1 Å². The van der Waals surface area contributed by atoms with Crippen molar-refractivity contribution < 1.29 is 0 Å². The summed E-state index contributed by atoms with van der Waals surface area (Å²) in [4.78, 5) is 16.9. The lowest BCUT2D eigenvalue weighted by molar-refractivity contribution is 0.891. The zero-order valence-corrected chi connectivity index (χ0v) is 11.2. The van der Waals surface area contributed by atoms with Crippen molar-refractivity contribution in [3.05, 3.63) is 51.2 Å². The average Bonchev–Trinajstić information content (AvgIpc) is 2.74. The summed E-state index contributed by atoms with van der Waals surface area (Å²) in [6.45, 7) is 3.63. The normalized spacial score (nSPS) is 11.1. The SMILES string of the molecule is Cc1[nH]nc2c(=O)n(-c3ccc(Cl)cc3)c(C)nc12. The van der Waals surface area contributed by atoms with E-state index in [1.165, 1.54) is 4.57 Å². The van der Waals surface area contributed by atoms with E-state index in [0.717, 1.165) is 11.4 Å². The van der Waals surface area contributed by atoms with E-state index >= 15 is 0 Å². The number of hydrogen-bond acceptors (Lipinski definition) is 3. The first-order chi connectivity index (χ1) is 9.08. The molecule has 0 saturated carbocycles. The van der Waals surface area contributed by atoms with E-state index in [0.29, 0.717) is 21.9 Å². The van der Waals surface area contributed by atoms with Gasteiger partial charge in [0.25, 0.3) is 5.56 Å². The van der Waals surface area contributed by atoms with Gasteiger partial charge in [-0.2, -0.15) is 5.10 Å². The predicted octanol–water partition coefficient (Wildman–Crippen LogP) is 2.38. The highest BCUT2D eigenvalue weighted by Crippen LogP contribution is 2.15. The molecule has 96 valence electrons. The minimum Gasteiger partial charge on any atom is -0.280 e. The molecule has 6 heteroatoms. The molecule has 0 amide bonds. The highest BCUT2D eigenvalue weighted by Gasteiger charge is 2.13. The Morgan fingerprint density at radius 3 is 2.53 bits per heavy atom. The molecule has 19 heavy (non-hydrogen) atoms. The molecular weight excluding hydrogens is 264 g/mol. The number of H-pyrrole nitrogens is 1. The zero-order chi connectivity index (χ0) is 13.6. The van der Waals surface area contributed by atoms with Crippen LogP contribution in [-0.4, -0.2) is 19.7 Å². The molecule has 2 aromatic heterocycles. The molecule has 0 aliphatic carbocycles. The van der Waals surface area contributed by atoms with E-state index in [2.05, 4.69) is 15.2 Å². The van der Waals surface area contributed by atoms with Crippen molar-refractivity contribution in [2.24, 2.45) is 0 Å². The average molecular weight is 275 g/mol. The number of aromatic nitrogens is 4. The second-order valence-corrected chi connectivity index (χ2v) is 4.76. The fourth-order valence-electron chi connectivity index (χ4n) is 2.07. The van der Waals surface area contributed by atoms with Crippen molar-refractivity contribution in [2.45, 2.75) is 13.8 Å². The lowest BCUT2D eigenvalue weighted by Gasteiger charge is -2.09. The molecule has 0 aliphatic rings. The molecule has 3 aromatic rings. The van der Waals surface area contributed by atoms with Gasteiger partial charge in [-0.05, 0) is 38.1 Å². The van der Waals surface area contributed by atoms with E-state index in [4.69, 9.17) is 11.6 Å². The fraction of sp³-hybridized carbons (Fsp3) is 0.154. The van der Waals surface area contributed by atoms with Crippen molar-refractivity contribution in [3.63, 3.8) is 0 Å². The van der Waals surface area contributed by atoms with Gasteiger partial charge in [0.1, 0.15) is 11.3 Å². The van der Waals surface area contributed by atoms with Crippen LogP contribution in [0.4, 0.5) is 0 Å². The molecule has 0 radical (unpaired) electrons. The van der Waals surface area contributed by atoms with Crippen LogP contribution in [0.5, 0.6) is 0 Å². The third-order valence-electron chi connectivity index (χ3n) is 3.00. The first-order valence-electron chi connectivity index (χ1n) is 5.78. The van der Waals surface area contributed by atoms with Crippen LogP contribution < -0.4 is 5.56 Å². The van der Waals surface area contributed by atoms with Crippen molar-refractivity contribution in [3.8, 4) is 5.69 Å². The summed E-state index contributed by atoms with van der Waals surface area (Å²) >= 11 is 5.86. The maximum atomic E-state index is 12.5. The van der Waals surface area contributed by atoms with E-state index in [9.17, 15) is 4.79 Å². The molecule has 0 bridgehead atoms. The Morgan fingerprint density at radius 1 is 1.16 bits per heavy atom. The third kappa shape index (κ3) is 1.82. The minimum absolute atomic E-state index is 0.186. The molecule has 5 nitrogen and oxygen atoms in total. The first kappa shape index (κ1) is 11.9. The quantitative estimate of drug-likeness (QED) is 0.741. The van der Waals surface area contributed by atoms with Gasteiger partial charge in [0, 0.05) is 5.02 Å². The summed E-state index contributed by atoms with van der Waals surface area (Å²) in [6, 6.07) is 7.04. The van der Waals surface area contributed by atoms with Crippen LogP contribution >= 0.6 is 11.6 Å². The van der Waals surface area contributed by atoms with Gasteiger partial charge in [-0.3, -0.25) is 14.5 Å². The number of hydrogen-bond donors (Lipinski definition) is 1. The monoisotopic (exact) mass is 274 g/mol. The van der Waals surface area contributed by atoms with Gasteiger partial charge in [0.2, 0.25) is 0 Å². The number of nitrogens with zero attached hydrogens (tertiary/aromatic N) is 3. The number of aromatic amines is 1. The number of fused-ring (bicyclic) bond motifs is 1. The van der Waals surface area contributed by atoms with Crippen LogP contribution in [0.3, 0.4) is 0 Å². The van der Waals surface area contributed by atoms with Gasteiger partial charge in [0.05, 0.1) is 11.4 Å². The summed E-state index contributed by atoms with van der Waals surface area (Å²) in [5, 5.41) is 7.43. The van der Waals surface area contributed by atoms with Gasteiger partial charge in [-0.1, -0.05) is 11.6 Å². The number of nitrogens with one attached hydrogen (secondary N) is 1. The van der Waals surface area contributed by atoms with Crippen LogP contribution in [0.1, 0.15) is 11.5 Å². The van der Waals surface area contributed by atoms with Crippen LogP contribution in [0.25, 0.3) is 16.7 Å². The Bertz CT molecular complexity index is 817. The van der Waals surface area contributed by atoms with Gasteiger partial charge < -0.3 is 0 Å². The summed E-state index contributed by atoms with van der Waals surface area (Å²) in [5.74, 6) is 0.615. The number of aryl methyl sites for hydroxylation is 2. The van der Waals surface area contributed by atoms with Crippen LogP contribution in [0, 0.1) is 13.8 Å². The van der Waals surface area contributed by atoms with Gasteiger partial charge in [-0.15, -0.1) is 0 Å². The van der Waals surface area contributed by atoms with E-state index in [1.807, 2.05) is 6.92 Å². The molecule has 0 spiro atoms. The standard InChI is InChI=1S/C13H11ClN4O/c1-7-11-12(17-16-7)13(19)18(8(2)15-11)10-5-3-9(14)4-6-10/h3-6H,1-2H3,(H,16,17). The third-order valence-corrected chi connectivity index (χ3v) is 3.25. The zero-order valence-electron chi connectivity index (χ0n) is 10.4. The molecule has 3 rings (SSSR count). The summed E-state index contributed by atoms with van der Waals surface area (Å²) < 4.78 is 1.53. The first-order valence-corrected chi connectivity index (χ1v) is 6.16. The Kier molecular flexibility index (Phi) is 2.64. The Morgan fingerprint density at radius 2 is 1.84 bits per heavy atom. The van der Waals surface area contributed by atoms with Gasteiger partial charge in [0.15, 0.2) is 5.52 Å². The summed E-state index contributed by atoms with van der Waals surface area (Å²) in [7, 11) is 0. The maximum Gasteiger partial charge on any atom is 0.286 e. The predicted molar refractivity (Wildman–Crippen MR) is 74.0 cm³/mol. The second-order valence-electron chi connectivity index (χ2n) is 4.32. The Hall–Kier alpha value is -2.14. The lowest BCUT2D eigenvalue weighted by atomic mass is 10.3. The van der Waals surface area contributed by atoms with E-state index in [1.54, 1.807) is 31.2 Å². The van der Waals surface area contributed by atoms with E-state index < -0.39 is 0 Å². The molecular formula is C13H11ClN4O. The van der Waals surface area contributed by atoms with Crippen molar-refractivity contribution >= 4 is 22.6 Å². The van der Waals surface area contributed by atoms with Crippen molar-refractivity contribution in [1.29, 1.82) is 0 Å². The number of halogens is 1. The van der Waals surface area contributed by atoms with E-state index in [-0.39, 0.29) is 5.56 Å². The highest BCUT2D eigenvalue weighted by molar-refractivity contribution is 6.30. The van der Waals surface area contributed by atoms with Crippen LogP contribution in [0.2, 0.25) is 5.02 Å². The Labute approximate surface area is 113 Å². The summed E-state index contributed by atoms with van der Waals surface area (Å²) in [5.41, 5.74) is 2.29. The molecule has 0 saturated heterocycles. The Balaban J connectivity index is 2.35. The fourth-order valence-corrected chi connectivity index (χ4v) is 2.19. The largest absolute Gasteiger partial charge is 0.286 e. The molecule has 1 aromatic carbocycles. The molecule has 0 atom stereocenters. The molecule has 0 fully saturated rings. The number of rotatable bonds is 1. The van der Waals surface area contributed by atoms with Gasteiger partial charge in [-0.25, -0.2) is 4.98 Å². The minimum atomic E-state index is -0.186. The topological polar surface area (TPSA) is 63.6 Å². The second kappa shape index (κ2) is 4.20. The number of benzene rings is 1. The molecule has 0 aliphatic heterocycles. The van der Waals surface area contributed by atoms with Crippen LogP contribution in [-0.2, 0) is 0 Å². The smallest absolute Gasteiger partial charge is 0.280 e. The maximum absolute atomic E-state index is 12.5. The van der Waals surface area contributed by atoms with Crippen molar-refractivity contribution in [1.82, 2.24) is 19.7 Å². The highest BCUT2D eigenvalue weighted by atomic mass is 35.5.